The predicted octanol–water partition coefficient (Wildman–Crippen LogP) is 2.63. The monoisotopic (exact) mass is 293 g/mol. The van der Waals surface area contributed by atoms with Crippen molar-refractivity contribution < 1.29 is 23.9 Å². The molecule has 1 aromatic rings. The summed E-state index contributed by atoms with van der Waals surface area (Å²) in [6, 6.07) is 10.2. The number of methoxy groups -OCH3 is 2. The summed E-state index contributed by atoms with van der Waals surface area (Å²) in [4.78, 5) is 27.5. The van der Waals surface area contributed by atoms with E-state index in [-0.39, 0.29) is 0 Å². The SMILES string of the molecule is COC(=O)ON(C[C@@H]1C[C@@H]1Cc1ccccc1)C(=O)OC. The molecular weight excluding hydrogens is 274 g/mol. The summed E-state index contributed by atoms with van der Waals surface area (Å²) in [5.74, 6) is 0.787. The highest BCUT2D eigenvalue weighted by Gasteiger charge is 2.40. The fourth-order valence-corrected chi connectivity index (χ4v) is 2.29. The third-order valence-corrected chi connectivity index (χ3v) is 3.54. The van der Waals surface area contributed by atoms with Crippen molar-refractivity contribution in [1.29, 1.82) is 0 Å². The summed E-state index contributed by atoms with van der Waals surface area (Å²) in [7, 11) is 2.43. The molecule has 114 valence electrons. The molecule has 1 fully saturated rings. The lowest BCUT2D eigenvalue weighted by Crippen LogP contribution is -2.35. The molecule has 21 heavy (non-hydrogen) atoms. The minimum Gasteiger partial charge on any atom is -0.451 e. The van der Waals surface area contributed by atoms with Gasteiger partial charge in [-0.1, -0.05) is 30.3 Å². The minimum absolute atomic E-state index is 0.300. The molecule has 0 saturated heterocycles. The Balaban J connectivity index is 1.85. The maximum atomic E-state index is 11.6. The van der Waals surface area contributed by atoms with Gasteiger partial charge in [0.15, 0.2) is 0 Å². The van der Waals surface area contributed by atoms with Gasteiger partial charge in [-0.15, -0.1) is 5.06 Å². The molecule has 6 heteroatoms. The van der Waals surface area contributed by atoms with Gasteiger partial charge in [0.1, 0.15) is 0 Å². The Morgan fingerprint density at radius 2 is 1.86 bits per heavy atom. The molecule has 0 bridgehead atoms. The first kappa shape index (κ1) is 15.2. The number of carbonyl (C=O) groups excluding carboxylic acids is 2. The minimum atomic E-state index is -0.930. The number of benzene rings is 1. The Morgan fingerprint density at radius 1 is 1.14 bits per heavy atom. The highest BCUT2D eigenvalue weighted by atomic mass is 16.8. The van der Waals surface area contributed by atoms with E-state index < -0.39 is 12.2 Å². The molecule has 0 unspecified atom stereocenters. The topological polar surface area (TPSA) is 65.1 Å². The molecular formula is C15H19NO5. The second-order valence-electron chi connectivity index (χ2n) is 5.02. The molecule has 2 atom stereocenters. The molecule has 0 aromatic heterocycles. The molecule has 0 N–H and O–H groups in total. The van der Waals surface area contributed by atoms with Crippen molar-refractivity contribution in [3.05, 3.63) is 35.9 Å². The number of nitrogens with zero attached hydrogens (tertiary/aromatic N) is 1. The molecule has 6 nitrogen and oxygen atoms in total. The van der Waals surface area contributed by atoms with Gasteiger partial charge in [0.25, 0.3) is 0 Å². The van der Waals surface area contributed by atoms with Crippen LogP contribution in [0.3, 0.4) is 0 Å². The lowest BCUT2D eigenvalue weighted by molar-refractivity contribution is -0.106. The van der Waals surface area contributed by atoms with E-state index in [9.17, 15) is 9.59 Å². The molecule has 0 aliphatic heterocycles. The van der Waals surface area contributed by atoms with E-state index in [0.717, 1.165) is 17.9 Å². The molecule has 1 amide bonds. The Hall–Kier alpha value is -2.24. The number of carbonyl (C=O) groups is 2. The summed E-state index contributed by atoms with van der Waals surface area (Å²) in [5, 5.41) is 0.918. The summed E-state index contributed by atoms with van der Waals surface area (Å²) in [6.07, 6.45) is 0.317. The van der Waals surface area contributed by atoms with Crippen molar-refractivity contribution in [2.45, 2.75) is 12.8 Å². The fourth-order valence-electron chi connectivity index (χ4n) is 2.29. The number of hydrogen-bond donors (Lipinski definition) is 0. The number of hydrogen-bond acceptors (Lipinski definition) is 5. The highest BCUT2D eigenvalue weighted by Crippen LogP contribution is 2.41. The van der Waals surface area contributed by atoms with Crippen molar-refractivity contribution >= 4 is 12.2 Å². The van der Waals surface area contributed by atoms with Gasteiger partial charge in [-0.2, -0.15) is 0 Å². The molecule has 1 saturated carbocycles. The number of rotatable bonds is 4. The van der Waals surface area contributed by atoms with Crippen LogP contribution in [-0.4, -0.2) is 38.1 Å². The van der Waals surface area contributed by atoms with Gasteiger partial charge in [-0.25, -0.2) is 9.59 Å². The van der Waals surface area contributed by atoms with E-state index in [1.165, 1.54) is 19.8 Å². The van der Waals surface area contributed by atoms with Crippen molar-refractivity contribution in [1.82, 2.24) is 5.06 Å². The first-order valence-electron chi connectivity index (χ1n) is 6.79. The molecule has 0 radical (unpaired) electrons. The van der Waals surface area contributed by atoms with Gasteiger partial charge >= 0.3 is 12.2 Å². The van der Waals surface area contributed by atoms with Gasteiger partial charge in [0, 0.05) is 0 Å². The quantitative estimate of drug-likeness (QED) is 0.630. The van der Waals surface area contributed by atoms with Gasteiger partial charge in [0.2, 0.25) is 0 Å². The van der Waals surface area contributed by atoms with Crippen LogP contribution < -0.4 is 0 Å². The Bertz CT molecular complexity index is 490. The fraction of sp³-hybridized carbons (Fsp3) is 0.467. The number of amides is 1. The summed E-state index contributed by atoms with van der Waals surface area (Å²) < 4.78 is 8.98. The molecule has 1 aliphatic carbocycles. The smallest absolute Gasteiger partial charge is 0.451 e. The standard InChI is InChI=1S/C15H19NO5/c1-19-14(17)16(21-15(18)20-2)10-13-9-12(13)8-11-6-4-3-5-7-11/h3-7,12-13H,8-10H2,1-2H3/t12-,13-/m0/s1. The Morgan fingerprint density at radius 3 is 2.48 bits per heavy atom. The van der Waals surface area contributed by atoms with Gasteiger partial charge < -0.3 is 14.3 Å². The predicted molar refractivity (Wildman–Crippen MR) is 74.3 cm³/mol. The first-order valence-corrected chi connectivity index (χ1v) is 6.79. The van der Waals surface area contributed by atoms with E-state index in [4.69, 9.17) is 4.84 Å². The second-order valence-corrected chi connectivity index (χ2v) is 5.02. The number of hydroxylamine groups is 2. The summed E-state index contributed by atoms with van der Waals surface area (Å²) in [5.41, 5.74) is 1.27. The van der Waals surface area contributed by atoms with Crippen LogP contribution in [0, 0.1) is 11.8 Å². The number of ether oxygens (including phenoxy) is 2. The summed E-state index contributed by atoms with van der Waals surface area (Å²) in [6.45, 7) is 0.319. The highest BCUT2D eigenvalue weighted by molar-refractivity contribution is 5.69. The van der Waals surface area contributed by atoms with E-state index in [1.807, 2.05) is 18.2 Å². The van der Waals surface area contributed by atoms with Crippen molar-refractivity contribution in [3.63, 3.8) is 0 Å². The Labute approximate surface area is 123 Å². The van der Waals surface area contributed by atoms with Crippen LogP contribution >= 0.6 is 0 Å². The zero-order valence-electron chi connectivity index (χ0n) is 12.2. The maximum absolute atomic E-state index is 11.6. The van der Waals surface area contributed by atoms with Crippen LogP contribution in [0.1, 0.15) is 12.0 Å². The molecule has 0 spiro atoms. The first-order chi connectivity index (χ1) is 10.1. The van der Waals surface area contributed by atoms with Crippen LogP contribution in [0.4, 0.5) is 9.59 Å². The van der Waals surface area contributed by atoms with Gasteiger partial charge in [0.05, 0.1) is 20.8 Å². The van der Waals surface area contributed by atoms with E-state index in [2.05, 4.69) is 21.6 Å². The van der Waals surface area contributed by atoms with Crippen molar-refractivity contribution in [3.8, 4) is 0 Å². The third kappa shape index (κ3) is 4.37. The average Bonchev–Trinajstić information content (AvgIpc) is 3.24. The van der Waals surface area contributed by atoms with E-state index in [1.54, 1.807) is 0 Å². The van der Waals surface area contributed by atoms with E-state index in [0.29, 0.717) is 18.4 Å². The van der Waals surface area contributed by atoms with Crippen LogP contribution in [0.5, 0.6) is 0 Å². The van der Waals surface area contributed by atoms with E-state index >= 15 is 0 Å². The van der Waals surface area contributed by atoms with Crippen LogP contribution in [0.15, 0.2) is 30.3 Å². The van der Waals surface area contributed by atoms with Gasteiger partial charge in [-0.3, -0.25) is 0 Å². The van der Waals surface area contributed by atoms with Crippen LogP contribution in [-0.2, 0) is 20.7 Å². The third-order valence-electron chi connectivity index (χ3n) is 3.54. The Kier molecular flexibility index (Phi) is 5.03. The average molecular weight is 293 g/mol. The zero-order valence-corrected chi connectivity index (χ0v) is 12.2. The lowest BCUT2D eigenvalue weighted by Gasteiger charge is -2.18. The van der Waals surface area contributed by atoms with Crippen LogP contribution in [0.25, 0.3) is 0 Å². The van der Waals surface area contributed by atoms with Gasteiger partial charge in [-0.05, 0) is 30.2 Å². The maximum Gasteiger partial charge on any atom is 0.533 e. The molecule has 1 aliphatic rings. The summed E-state index contributed by atoms with van der Waals surface area (Å²) >= 11 is 0. The second kappa shape index (κ2) is 6.97. The van der Waals surface area contributed by atoms with Crippen molar-refractivity contribution in [2.75, 3.05) is 20.8 Å². The largest absolute Gasteiger partial charge is 0.533 e. The zero-order chi connectivity index (χ0) is 15.2. The molecule has 1 aromatic carbocycles. The normalized spacial score (nSPS) is 19.5. The molecule has 2 rings (SSSR count). The molecule has 0 heterocycles. The van der Waals surface area contributed by atoms with Crippen LogP contribution in [0.2, 0.25) is 0 Å². The van der Waals surface area contributed by atoms with Crippen molar-refractivity contribution in [2.24, 2.45) is 11.8 Å². The lowest BCUT2D eigenvalue weighted by atomic mass is 10.1.